The molecule has 2 aliphatic heterocycles. The van der Waals surface area contributed by atoms with Crippen LogP contribution in [0.1, 0.15) is 55.8 Å². The number of pyridine rings is 1. The zero-order valence-corrected chi connectivity index (χ0v) is 19.8. The Balaban J connectivity index is 1.51. The summed E-state index contributed by atoms with van der Waals surface area (Å²) in [4.78, 5) is 26.7. The van der Waals surface area contributed by atoms with Crippen LogP contribution in [0.5, 0.6) is 0 Å². The molecule has 0 aliphatic carbocycles. The van der Waals surface area contributed by atoms with Gasteiger partial charge in [0, 0.05) is 19.1 Å². The zero-order chi connectivity index (χ0) is 22.7. The predicted octanol–water partition coefficient (Wildman–Crippen LogP) is 4.39. The summed E-state index contributed by atoms with van der Waals surface area (Å²) < 4.78 is 1.74. The number of rotatable bonds is 8. The first-order chi connectivity index (χ1) is 15.5. The molecule has 1 aromatic heterocycles. The largest absolute Gasteiger partial charge is 0.308 e. The third-order valence-electron chi connectivity index (χ3n) is 6.33. The third kappa shape index (κ3) is 5.08. The SMILES string of the molecule is CCC[C@H]1CCCN1Cc1c(Cl)cc(Cl)c(=O)n1CCc1ccc(C2=NNC(=O)C2)cc1. The molecule has 1 aromatic carbocycles. The van der Waals surface area contributed by atoms with Crippen LogP contribution in [0.25, 0.3) is 0 Å². The van der Waals surface area contributed by atoms with Gasteiger partial charge in [-0.05, 0) is 49.4 Å². The van der Waals surface area contributed by atoms with E-state index in [2.05, 4.69) is 22.4 Å². The van der Waals surface area contributed by atoms with Crippen molar-refractivity contribution in [3.05, 3.63) is 67.6 Å². The Morgan fingerprint density at radius 1 is 1.16 bits per heavy atom. The summed E-state index contributed by atoms with van der Waals surface area (Å²) in [5.74, 6) is -0.0898. The maximum atomic E-state index is 12.9. The van der Waals surface area contributed by atoms with Gasteiger partial charge >= 0.3 is 0 Å². The number of hydrogen-bond donors (Lipinski definition) is 1. The Hall–Kier alpha value is -2.15. The Morgan fingerprint density at radius 3 is 2.62 bits per heavy atom. The highest BCUT2D eigenvalue weighted by atomic mass is 35.5. The number of amides is 1. The molecule has 32 heavy (non-hydrogen) atoms. The fourth-order valence-corrected chi connectivity index (χ4v) is 5.16. The summed E-state index contributed by atoms with van der Waals surface area (Å²) in [5.41, 5.74) is 5.87. The summed E-state index contributed by atoms with van der Waals surface area (Å²) in [6.45, 7) is 4.40. The normalized spacial score (nSPS) is 18.8. The van der Waals surface area contributed by atoms with E-state index >= 15 is 0 Å². The van der Waals surface area contributed by atoms with Gasteiger partial charge in [-0.25, -0.2) is 5.43 Å². The summed E-state index contributed by atoms with van der Waals surface area (Å²) in [6, 6.07) is 10.1. The summed E-state index contributed by atoms with van der Waals surface area (Å²) in [5, 5.41) is 4.75. The molecule has 1 amide bonds. The van der Waals surface area contributed by atoms with Crippen molar-refractivity contribution < 1.29 is 4.79 Å². The summed E-state index contributed by atoms with van der Waals surface area (Å²) >= 11 is 12.8. The van der Waals surface area contributed by atoms with Crippen LogP contribution in [0.4, 0.5) is 0 Å². The quantitative estimate of drug-likeness (QED) is 0.616. The van der Waals surface area contributed by atoms with Gasteiger partial charge in [0.2, 0.25) is 5.91 Å². The number of aryl methyl sites for hydroxylation is 1. The van der Waals surface area contributed by atoms with Crippen LogP contribution in [-0.4, -0.2) is 33.7 Å². The number of halogens is 2. The van der Waals surface area contributed by atoms with Crippen LogP contribution in [0.3, 0.4) is 0 Å². The zero-order valence-electron chi connectivity index (χ0n) is 18.2. The monoisotopic (exact) mass is 474 g/mol. The van der Waals surface area contributed by atoms with Crippen molar-refractivity contribution in [2.75, 3.05) is 6.54 Å². The molecule has 0 saturated carbocycles. The minimum absolute atomic E-state index is 0.0898. The second kappa shape index (κ2) is 10.2. The molecule has 2 aliphatic rings. The molecular weight excluding hydrogens is 447 g/mol. The number of hydrazone groups is 1. The number of carbonyl (C=O) groups excluding carboxylic acids is 1. The van der Waals surface area contributed by atoms with Crippen molar-refractivity contribution in [1.82, 2.24) is 14.9 Å². The lowest BCUT2D eigenvalue weighted by molar-refractivity contribution is -0.119. The molecule has 0 bridgehead atoms. The Bertz CT molecular complexity index is 1080. The van der Waals surface area contributed by atoms with Gasteiger partial charge in [0.1, 0.15) is 5.02 Å². The van der Waals surface area contributed by atoms with E-state index in [0.29, 0.717) is 37.0 Å². The molecule has 1 N–H and O–H groups in total. The van der Waals surface area contributed by atoms with E-state index in [1.165, 1.54) is 12.8 Å². The molecule has 2 aromatic rings. The van der Waals surface area contributed by atoms with E-state index in [-0.39, 0.29) is 16.5 Å². The minimum Gasteiger partial charge on any atom is -0.308 e. The number of aromatic nitrogens is 1. The topological polar surface area (TPSA) is 66.7 Å². The first-order valence-electron chi connectivity index (χ1n) is 11.2. The Morgan fingerprint density at radius 2 is 1.94 bits per heavy atom. The van der Waals surface area contributed by atoms with Crippen LogP contribution in [0, 0.1) is 0 Å². The maximum absolute atomic E-state index is 12.9. The minimum atomic E-state index is -0.196. The molecule has 6 nitrogen and oxygen atoms in total. The highest BCUT2D eigenvalue weighted by molar-refractivity contribution is 6.34. The highest BCUT2D eigenvalue weighted by Gasteiger charge is 2.26. The van der Waals surface area contributed by atoms with Crippen molar-refractivity contribution in [1.29, 1.82) is 0 Å². The molecule has 170 valence electrons. The maximum Gasteiger partial charge on any atom is 0.269 e. The van der Waals surface area contributed by atoms with E-state index in [0.717, 1.165) is 41.9 Å². The fraction of sp³-hybridized carbons (Fsp3) is 0.458. The molecule has 4 rings (SSSR count). The lowest BCUT2D eigenvalue weighted by atomic mass is 10.0. The molecule has 0 radical (unpaired) electrons. The molecular formula is C24H28Cl2N4O2. The first kappa shape index (κ1) is 23.0. The molecule has 3 heterocycles. The third-order valence-corrected chi connectivity index (χ3v) is 6.93. The number of hydrogen-bond acceptors (Lipinski definition) is 4. The van der Waals surface area contributed by atoms with Gasteiger partial charge in [-0.3, -0.25) is 14.5 Å². The van der Waals surface area contributed by atoms with Crippen molar-refractivity contribution in [2.24, 2.45) is 5.10 Å². The number of nitrogens with one attached hydrogen (secondary N) is 1. The van der Waals surface area contributed by atoms with Gasteiger partial charge in [-0.2, -0.15) is 5.10 Å². The lowest BCUT2D eigenvalue weighted by Crippen LogP contribution is -2.33. The van der Waals surface area contributed by atoms with E-state index in [1.807, 2.05) is 24.3 Å². The van der Waals surface area contributed by atoms with Crippen molar-refractivity contribution in [2.45, 2.75) is 64.6 Å². The average molecular weight is 475 g/mol. The van der Waals surface area contributed by atoms with Gasteiger partial charge in [-0.15, -0.1) is 0 Å². The molecule has 1 atom stereocenters. The van der Waals surface area contributed by atoms with Crippen molar-refractivity contribution >= 4 is 34.8 Å². The van der Waals surface area contributed by atoms with Crippen molar-refractivity contribution in [3.63, 3.8) is 0 Å². The van der Waals surface area contributed by atoms with Gasteiger partial charge in [-0.1, -0.05) is 60.8 Å². The Kier molecular flexibility index (Phi) is 7.33. The number of likely N-dealkylation sites (tertiary alicyclic amines) is 1. The van der Waals surface area contributed by atoms with Crippen LogP contribution >= 0.6 is 23.2 Å². The molecule has 1 fully saturated rings. The van der Waals surface area contributed by atoms with Crippen molar-refractivity contribution in [3.8, 4) is 0 Å². The van der Waals surface area contributed by atoms with Crippen LogP contribution in [0.2, 0.25) is 10.0 Å². The van der Waals surface area contributed by atoms with Crippen LogP contribution < -0.4 is 11.0 Å². The second-order valence-corrected chi connectivity index (χ2v) is 9.33. The second-order valence-electron chi connectivity index (χ2n) is 8.52. The molecule has 1 saturated heterocycles. The fourth-order valence-electron chi connectivity index (χ4n) is 4.62. The van der Waals surface area contributed by atoms with Crippen LogP contribution in [0.15, 0.2) is 40.2 Å². The standard InChI is InChI=1S/C24H28Cl2N4O2/c1-2-4-18-5-3-11-29(18)15-22-19(25)13-20(26)24(32)30(22)12-10-16-6-8-17(9-7-16)21-14-23(31)28-27-21/h6-9,13,18H,2-5,10-12,14-15H2,1H3,(H,28,31)/t18-/m0/s1. The van der Waals surface area contributed by atoms with Gasteiger partial charge in [0.15, 0.2) is 0 Å². The Labute approximate surface area is 198 Å². The van der Waals surface area contributed by atoms with E-state index in [9.17, 15) is 9.59 Å². The van der Waals surface area contributed by atoms with E-state index in [4.69, 9.17) is 23.2 Å². The summed E-state index contributed by atoms with van der Waals surface area (Å²) in [7, 11) is 0. The lowest BCUT2D eigenvalue weighted by Gasteiger charge is -2.26. The van der Waals surface area contributed by atoms with Gasteiger partial charge in [0.05, 0.1) is 22.8 Å². The smallest absolute Gasteiger partial charge is 0.269 e. The van der Waals surface area contributed by atoms with E-state index < -0.39 is 0 Å². The number of benzene rings is 1. The van der Waals surface area contributed by atoms with Gasteiger partial charge in [0.25, 0.3) is 5.56 Å². The highest BCUT2D eigenvalue weighted by Crippen LogP contribution is 2.27. The van der Waals surface area contributed by atoms with Gasteiger partial charge < -0.3 is 4.57 Å². The molecule has 0 spiro atoms. The first-order valence-corrected chi connectivity index (χ1v) is 12.0. The van der Waals surface area contributed by atoms with Crippen LogP contribution in [-0.2, 0) is 24.3 Å². The molecule has 0 unspecified atom stereocenters. The van der Waals surface area contributed by atoms with E-state index in [1.54, 1.807) is 10.6 Å². The summed E-state index contributed by atoms with van der Waals surface area (Å²) in [6.07, 6.45) is 5.66. The predicted molar refractivity (Wildman–Crippen MR) is 129 cm³/mol. The average Bonchev–Trinajstić information content (AvgIpc) is 3.41. The number of carbonyl (C=O) groups is 1. The number of nitrogens with zero attached hydrogens (tertiary/aromatic N) is 3. The molecule has 8 heteroatoms.